The van der Waals surface area contributed by atoms with Crippen molar-refractivity contribution in [3.63, 3.8) is 0 Å². The van der Waals surface area contributed by atoms with Gasteiger partial charge in [0.15, 0.2) is 9.84 Å². The highest BCUT2D eigenvalue weighted by molar-refractivity contribution is 7.92. The molecule has 25 heavy (non-hydrogen) atoms. The second-order valence-electron chi connectivity index (χ2n) is 6.70. The van der Waals surface area contributed by atoms with Gasteiger partial charge in [0, 0.05) is 0 Å². The number of rotatable bonds is 4. The lowest BCUT2D eigenvalue weighted by Gasteiger charge is -2.44. The van der Waals surface area contributed by atoms with Crippen LogP contribution in [0.5, 0.6) is 5.75 Å². The number of ether oxygens (including phenoxy) is 1. The maximum Gasteiger partial charge on any atom is 0.461 e. The van der Waals surface area contributed by atoms with Gasteiger partial charge < -0.3 is 9.84 Å². The SMILES string of the molecule is O=S1(=O)C2CCCC1CC(O)(c1cccc(OC(F)(F)C(F)F)c1)C2. The number of fused-ring (bicyclic) bond motifs is 2. The van der Waals surface area contributed by atoms with Crippen molar-refractivity contribution in [2.45, 2.75) is 60.7 Å². The van der Waals surface area contributed by atoms with E-state index in [0.717, 1.165) is 18.6 Å². The maximum atomic E-state index is 13.1. The number of hydrogen-bond acceptors (Lipinski definition) is 4. The lowest BCUT2D eigenvalue weighted by molar-refractivity contribution is -0.253. The Hall–Kier alpha value is -1.35. The number of halogens is 4. The van der Waals surface area contributed by atoms with Crippen LogP contribution in [0.25, 0.3) is 0 Å². The Kier molecular flexibility index (Phi) is 4.51. The normalized spacial score (nSPS) is 31.8. The third-order valence-electron chi connectivity index (χ3n) is 4.99. The molecule has 0 amide bonds. The highest BCUT2D eigenvalue weighted by Gasteiger charge is 2.51. The minimum Gasteiger partial charge on any atom is -0.428 e. The molecule has 2 heterocycles. The first-order valence-electron chi connectivity index (χ1n) is 7.95. The number of aliphatic hydroxyl groups is 1. The van der Waals surface area contributed by atoms with E-state index in [1.54, 1.807) is 0 Å². The Morgan fingerprint density at radius 3 is 2.36 bits per heavy atom. The van der Waals surface area contributed by atoms with Crippen LogP contribution in [0.2, 0.25) is 0 Å². The summed E-state index contributed by atoms with van der Waals surface area (Å²) in [6, 6.07) is 4.93. The van der Waals surface area contributed by atoms with Crippen molar-refractivity contribution in [2.24, 2.45) is 0 Å². The van der Waals surface area contributed by atoms with E-state index in [1.807, 2.05) is 0 Å². The first-order valence-corrected chi connectivity index (χ1v) is 9.56. The monoisotopic (exact) mass is 382 g/mol. The van der Waals surface area contributed by atoms with Crippen LogP contribution in [-0.4, -0.2) is 36.6 Å². The molecule has 1 N–H and O–H groups in total. The number of sulfone groups is 1. The molecule has 0 aliphatic carbocycles. The minimum atomic E-state index is -4.65. The van der Waals surface area contributed by atoms with Gasteiger partial charge in [-0.3, -0.25) is 0 Å². The van der Waals surface area contributed by atoms with E-state index >= 15 is 0 Å². The number of benzene rings is 1. The zero-order valence-corrected chi connectivity index (χ0v) is 14.0. The zero-order valence-electron chi connectivity index (χ0n) is 13.2. The largest absolute Gasteiger partial charge is 0.461 e. The van der Waals surface area contributed by atoms with Crippen molar-refractivity contribution in [1.82, 2.24) is 0 Å². The van der Waals surface area contributed by atoms with E-state index in [-0.39, 0.29) is 18.4 Å². The van der Waals surface area contributed by atoms with Gasteiger partial charge in [-0.25, -0.2) is 8.42 Å². The molecular formula is C16H18F4O4S. The van der Waals surface area contributed by atoms with Crippen LogP contribution in [0.4, 0.5) is 17.6 Å². The molecule has 0 radical (unpaired) electrons. The molecule has 2 aliphatic rings. The highest BCUT2D eigenvalue weighted by Crippen LogP contribution is 2.46. The Morgan fingerprint density at radius 1 is 1.20 bits per heavy atom. The highest BCUT2D eigenvalue weighted by atomic mass is 32.2. The molecule has 1 aromatic rings. The van der Waals surface area contributed by atoms with E-state index in [2.05, 4.69) is 4.74 Å². The van der Waals surface area contributed by atoms with Crippen LogP contribution < -0.4 is 4.74 Å². The van der Waals surface area contributed by atoms with Gasteiger partial charge in [0.2, 0.25) is 0 Å². The molecule has 2 fully saturated rings. The fourth-order valence-corrected chi connectivity index (χ4v) is 6.28. The van der Waals surface area contributed by atoms with Gasteiger partial charge in [-0.1, -0.05) is 18.6 Å². The summed E-state index contributed by atoms with van der Waals surface area (Å²) >= 11 is 0. The van der Waals surface area contributed by atoms with Gasteiger partial charge in [0.25, 0.3) is 0 Å². The summed E-state index contributed by atoms with van der Waals surface area (Å²) in [6.45, 7) is 0. The van der Waals surface area contributed by atoms with Gasteiger partial charge in [-0.05, 0) is 43.4 Å². The van der Waals surface area contributed by atoms with Gasteiger partial charge in [0.05, 0.1) is 16.1 Å². The summed E-state index contributed by atoms with van der Waals surface area (Å²) in [6.07, 6.45) is -7.07. The third-order valence-corrected chi connectivity index (χ3v) is 7.65. The fourth-order valence-electron chi connectivity index (χ4n) is 3.73. The van der Waals surface area contributed by atoms with Crippen molar-refractivity contribution in [1.29, 1.82) is 0 Å². The van der Waals surface area contributed by atoms with E-state index in [4.69, 9.17) is 0 Å². The molecule has 0 aromatic heterocycles. The summed E-state index contributed by atoms with van der Waals surface area (Å²) < 4.78 is 79.4. The second kappa shape index (κ2) is 6.12. The summed E-state index contributed by atoms with van der Waals surface area (Å²) in [5.41, 5.74) is -1.32. The predicted molar refractivity (Wildman–Crippen MR) is 81.5 cm³/mol. The quantitative estimate of drug-likeness (QED) is 0.812. The second-order valence-corrected chi connectivity index (χ2v) is 9.21. The van der Waals surface area contributed by atoms with Crippen molar-refractivity contribution in [3.05, 3.63) is 29.8 Å². The maximum absolute atomic E-state index is 13.1. The van der Waals surface area contributed by atoms with Crippen LogP contribution in [-0.2, 0) is 15.4 Å². The molecule has 2 unspecified atom stereocenters. The van der Waals surface area contributed by atoms with Gasteiger partial charge in [0.1, 0.15) is 5.75 Å². The summed E-state index contributed by atoms with van der Waals surface area (Å²) in [5, 5.41) is 9.59. The lowest BCUT2D eigenvalue weighted by atomic mass is 9.80. The van der Waals surface area contributed by atoms with E-state index in [9.17, 15) is 31.1 Å². The molecular weight excluding hydrogens is 364 g/mol. The lowest BCUT2D eigenvalue weighted by Crippen LogP contribution is -2.50. The van der Waals surface area contributed by atoms with Gasteiger partial charge in [-0.2, -0.15) is 17.6 Å². The Labute approximate surface area is 142 Å². The molecule has 2 atom stereocenters. The molecule has 9 heteroatoms. The molecule has 0 saturated carbocycles. The van der Waals surface area contributed by atoms with Gasteiger partial charge >= 0.3 is 12.5 Å². The van der Waals surface area contributed by atoms with E-state index in [1.165, 1.54) is 12.1 Å². The van der Waals surface area contributed by atoms with E-state index in [0.29, 0.717) is 12.8 Å². The smallest absolute Gasteiger partial charge is 0.428 e. The molecule has 4 nitrogen and oxygen atoms in total. The van der Waals surface area contributed by atoms with Crippen molar-refractivity contribution in [2.75, 3.05) is 0 Å². The van der Waals surface area contributed by atoms with Crippen LogP contribution in [0.15, 0.2) is 24.3 Å². The molecule has 3 rings (SSSR count). The zero-order chi connectivity index (χ0) is 18.5. The van der Waals surface area contributed by atoms with Gasteiger partial charge in [-0.15, -0.1) is 0 Å². The average Bonchev–Trinajstić information content (AvgIpc) is 2.48. The Morgan fingerprint density at radius 2 is 1.80 bits per heavy atom. The molecule has 2 saturated heterocycles. The first kappa shape index (κ1) is 18.4. The summed E-state index contributed by atoms with van der Waals surface area (Å²) in [7, 11) is -3.31. The van der Waals surface area contributed by atoms with Crippen molar-refractivity contribution < 1.29 is 35.8 Å². The fraction of sp³-hybridized carbons (Fsp3) is 0.625. The van der Waals surface area contributed by atoms with E-state index < -0.39 is 44.2 Å². The standard InChI is InChI=1S/C16H18F4O4S/c17-14(18)16(19,20)24-11-4-1-3-10(7-11)15(21)8-12-5-2-6-13(9-15)25(12,22)23/h1,3-4,7,12-14,21H,2,5-6,8-9H2. The topological polar surface area (TPSA) is 63.6 Å². The van der Waals surface area contributed by atoms with Crippen LogP contribution >= 0.6 is 0 Å². The molecule has 1 aromatic carbocycles. The molecule has 0 spiro atoms. The third kappa shape index (κ3) is 3.36. The van der Waals surface area contributed by atoms with Crippen LogP contribution in [0, 0.1) is 0 Å². The van der Waals surface area contributed by atoms with Crippen LogP contribution in [0.1, 0.15) is 37.7 Å². The Balaban J connectivity index is 1.88. The molecule has 140 valence electrons. The number of hydrogen-bond donors (Lipinski definition) is 1. The first-order chi connectivity index (χ1) is 11.5. The predicted octanol–water partition coefficient (Wildman–Crippen LogP) is 3.24. The number of alkyl halides is 4. The van der Waals surface area contributed by atoms with Crippen LogP contribution in [0.3, 0.4) is 0 Å². The Bertz CT molecular complexity index is 730. The minimum absolute atomic E-state index is 0.0411. The average molecular weight is 382 g/mol. The van der Waals surface area contributed by atoms with Crippen molar-refractivity contribution in [3.8, 4) is 5.75 Å². The summed E-state index contributed by atoms with van der Waals surface area (Å²) in [5.74, 6) is -0.505. The molecule has 2 bridgehead atoms. The summed E-state index contributed by atoms with van der Waals surface area (Å²) in [4.78, 5) is 0. The van der Waals surface area contributed by atoms with Crippen molar-refractivity contribution >= 4 is 9.84 Å². The molecule has 2 aliphatic heterocycles.